The molecular weight excluding hydrogens is 410 g/mol. The number of amidine groups is 1. The fourth-order valence-corrected chi connectivity index (χ4v) is 3.17. The van der Waals surface area contributed by atoms with E-state index < -0.39 is 11.9 Å². The van der Waals surface area contributed by atoms with Crippen LogP contribution in [-0.4, -0.2) is 38.7 Å². The lowest BCUT2D eigenvalue weighted by molar-refractivity contribution is -0.0124. The Balaban J connectivity index is 2.03. The van der Waals surface area contributed by atoms with Crippen molar-refractivity contribution in [3.63, 3.8) is 0 Å². The van der Waals surface area contributed by atoms with Gasteiger partial charge in [-0.25, -0.2) is 4.79 Å². The summed E-state index contributed by atoms with van der Waals surface area (Å²) in [5.74, 6) is -0.611. The van der Waals surface area contributed by atoms with Crippen molar-refractivity contribution < 1.29 is 23.8 Å². The molecule has 3 rings (SSSR count). The van der Waals surface area contributed by atoms with Crippen molar-refractivity contribution in [2.24, 2.45) is 5.73 Å². The number of amides is 1. The van der Waals surface area contributed by atoms with Crippen molar-refractivity contribution in [3.05, 3.63) is 83.4 Å². The number of benzene rings is 3. The average Bonchev–Trinajstić information content (AvgIpc) is 2.82. The normalized spacial score (nSPS) is 10.3. The van der Waals surface area contributed by atoms with Crippen molar-refractivity contribution in [3.8, 4) is 16.9 Å². The van der Waals surface area contributed by atoms with Crippen LogP contribution in [-0.2, 0) is 9.47 Å². The molecule has 0 heterocycles. The molecule has 0 bridgehead atoms. The molecule has 0 radical (unpaired) electrons. The van der Waals surface area contributed by atoms with Gasteiger partial charge in [0, 0.05) is 29.5 Å². The third-order valence-electron chi connectivity index (χ3n) is 4.67. The summed E-state index contributed by atoms with van der Waals surface area (Å²) in [4.78, 5) is 25.8. The SMILES string of the molecule is COCOC(=O)c1ccccc1-c1c(OC)cccc1C(=O)Nc1ccc(C(=N)N)cc1. The van der Waals surface area contributed by atoms with Gasteiger partial charge in [0.15, 0.2) is 6.79 Å². The molecule has 0 saturated carbocycles. The molecule has 0 spiro atoms. The number of hydrogen-bond acceptors (Lipinski definition) is 6. The Morgan fingerprint density at radius 2 is 1.62 bits per heavy atom. The fraction of sp³-hybridized carbons (Fsp3) is 0.125. The molecule has 0 atom stereocenters. The second-order valence-electron chi connectivity index (χ2n) is 6.71. The largest absolute Gasteiger partial charge is 0.496 e. The second kappa shape index (κ2) is 10.2. The lowest BCUT2D eigenvalue weighted by Crippen LogP contribution is -2.15. The van der Waals surface area contributed by atoms with Gasteiger partial charge in [0.1, 0.15) is 11.6 Å². The number of nitrogen functional groups attached to an aromatic ring is 1. The van der Waals surface area contributed by atoms with Gasteiger partial charge in [-0.3, -0.25) is 10.2 Å². The standard InChI is InChI=1S/C24H23N3O5/c1-30-14-32-24(29)18-7-4-3-6-17(18)21-19(8-5-9-20(21)31-2)23(28)27-16-12-10-15(11-13-16)22(25)26/h3-13H,14H2,1-2H3,(H3,25,26)(H,27,28). The Morgan fingerprint density at radius 3 is 2.28 bits per heavy atom. The summed E-state index contributed by atoms with van der Waals surface area (Å²) in [6.45, 7) is -0.192. The van der Waals surface area contributed by atoms with Crippen molar-refractivity contribution in [2.75, 3.05) is 26.3 Å². The van der Waals surface area contributed by atoms with Gasteiger partial charge in [0.2, 0.25) is 0 Å². The molecule has 3 aromatic rings. The number of nitrogens with one attached hydrogen (secondary N) is 2. The van der Waals surface area contributed by atoms with E-state index in [4.69, 9.17) is 25.4 Å². The van der Waals surface area contributed by atoms with Crippen molar-refractivity contribution in [2.45, 2.75) is 0 Å². The van der Waals surface area contributed by atoms with E-state index in [1.165, 1.54) is 14.2 Å². The van der Waals surface area contributed by atoms with E-state index in [-0.39, 0.29) is 18.2 Å². The topological polar surface area (TPSA) is 124 Å². The Labute approximate surface area is 185 Å². The number of nitrogens with two attached hydrogens (primary N) is 1. The predicted octanol–water partition coefficient (Wildman–Crippen LogP) is 3.66. The van der Waals surface area contributed by atoms with Gasteiger partial charge in [-0.2, -0.15) is 0 Å². The maximum Gasteiger partial charge on any atom is 0.340 e. The van der Waals surface area contributed by atoms with E-state index in [1.54, 1.807) is 66.7 Å². The van der Waals surface area contributed by atoms with Gasteiger partial charge >= 0.3 is 5.97 Å². The average molecular weight is 433 g/mol. The fourth-order valence-electron chi connectivity index (χ4n) is 3.17. The molecule has 0 aliphatic carbocycles. The van der Waals surface area contributed by atoms with Gasteiger partial charge in [0.05, 0.1) is 18.2 Å². The number of ether oxygens (including phenoxy) is 3. The first-order chi connectivity index (χ1) is 15.5. The van der Waals surface area contributed by atoms with Crippen LogP contribution in [0.1, 0.15) is 26.3 Å². The van der Waals surface area contributed by atoms with Crippen LogP contribution >= 0.6 is 0 Å². The minimum absolute atomic E-state index is 0.0603. The summed E-state index contributed by atoms with van der Waals surface area (Å²) in [5.41, 5.74) is 8.09. The molecule has 0 aromatic heterocycles. The predicted molar refractivity (Wildman–Crippen MR) is 121 cm³/mol. The molecule has 0 saturated heterocycles. The summed E-state index contributed by atoms with van der Waals surface area (Å²) >= 11 is 0. The van der Waals surface area contributed by atoms with Crippen LogP contribution in [0.2, 0.25) is 0 Å². The van der Waals surface area contributed by atoms with E-state index >= 15 is 0 Å². The van der Waals surface area contributed by atoms with Crippen LogP contribution in [0.15, 0.2) is 66.7 Å². The smallest absolute Gasteiger partial charge is 0.340 e. The number of hydrogen-bond donors (Lipinski definition) is 3. The minimum atomic E-state index is -0.584. The summed E-state index contributed by atoms with van der Waals surface area (Å²) in [6.07, 6.45) is 0. The molecule has 8 heteroatoms. The van der Waals surface area contributed by atoms with Gasteiger partial charge in [-0.1, -0.05) is 24.3 Å². The van der Waals surface area contributed by atoms with E-state index in [0.717, 1.165) is 0 Å². The second-order valence-corrected chi connectivity index (χ2v) is 6.71. The van der Waals surface area contributed by atoms with Crippen molar-refractivity contribution >= 4 is 23.4 Å². The van der Waals surface area contributed by atoms with Crippen LogP contribution in [0.4, 0.5) is 5.69 Å². The zero-order chi connectivity index (χ0) is 23.1. The molecule has 32 heavy (non-hydrogen) atoms. The maximum atomic E-state index is 13.2. The lowest BCUT2D eigenvalue weighted by atomic mass is 9.94. The first-order valence-electron chi connectivity index (χ1n) is 9.64. The molecule has 0 fully saturated rings. The summed E-state index contributed by atoms with van der Waals surface area (Å²) in [7, 11) is 2.91. The third kappa shape index (κ3) is 4.93. The van der Waals surface area contributed by atoms with Crippen LogP contribution in [0, 0.1) is 5.41 Å². The molecule has 1 amide bonds. The van der Waals surface area contributed by atoms with Crippen LogP contribution in [0.5, 0.6) is 5.75 Å². The van der Waals surface area contributed by atoms with Gasteiger partial charge in [-0.05, 0) is 42.5 Å². The zero-order valence-electron chi connectivity index (χ0n) is 17.7. The highest BCUT2D eigenvalue weighted by Gasteiger charge is 2.22. The highest BCUT2D eigenvalue weighted by molar-refractivity contribution is 6.11. The molecule has 8 nitrogen and oxygen atoms in total. The minimum Gasteiger partial charge on any atom is -0.496 e. The van der Waals surface area contributed by atoms with Crippen LogP contribution < -0.4 is 15.8 Å². The molecule has 3 aromatic carbocycles. The maximum absolute atomic E-state index is 13.2. The Morgan fingerprint density at radius 1 is 0.938 bits per heavy atom. The quantitative estimate of drug-likeness (QED) is 0.216. The summed E-state index contributed by atoms with van der Waals surface area (Å²) in [6, 6.07) is 18.5. The number of carbonyl (C=O) groups excluding carboxylic acids is 2. The molecule has 0 aliphatic rings. The van der Waals surface area contributed by atoms with Crippen LogP contribution in [0.3, 0.4) is 0 Å². The van der Waals surface area contributed by atoms with Gasteiger partial charge in [-0.15, -0.1) is 0 Å². The van der Waals surface area contributed by atoms with E-state index in [2.05, 4.69) is 5.32 Å². The monoisotopic (exact) mass is 433 g/mol. The molecule has 4 N–H and O–H groups in total. The Bertz CT molecular complexity index is 1140. The Kier molecular flexibility index (Phi) is 7.20. The van der Waals surface area contributed by atoms with Crippen LogP contribution in [0.25, 0.3) is 11.1 Å². The number of carbonyl (C=O) groups is 2. The lowest BCUT2D eigenvalue weighted by Gasteiger charge is -2.17. The van der Waals surface area contributed by atoms with Crippen molar-refractivity contribution in [1.82, 2.24) is 0 Å². The van der Waals surface area contributed by atoms with Gasteiger partial charge < -0.3 is 25.3 Å². The first kappa shape index (κ1) is 22.5. The molecule has 0 aliphatic heterocycles. The van der Waals surface area contributed by atoms with E-state index in [9.17, 15) is 9.59 Å². The summed E-state index contributed by atoms with van der Waals surface area (Å²) in [5, 5.41) is 10.3. The molecule has 0 unspecified atom stereocenters. The third-order valence-corrected chi connectivity index (χ3v) is 4.67. The summed E-state index contributed by atoms with van der Waals surface area (Å²) < 4.78 is 15.4. The number of rotatable bonds is 8. The first-order valence-corrected chi connectivity index (χ1v) is 9.64. The number of anilines is 1. The highest BCUT2D eigenvalue weighted by atomic mass is 16.7. The van der Waals surface area contributed by atoms with Crippen molar-refractivity contribution in [1.29, 1.82) is 5.41 Å². The number of methoxy groups -OCH3 is 2. The Hall–Kier alpha value is -4.17. The van der Waals surface area contributed by atoms with E-state index in [0.29, 0.717) is 33.7 Å². The number of esters is 1. The zero-order valence-corrected chi connectivity index (χ0v) is 17.7. The van der Waals surface area contributed by atoms with E-state index in [1.807, 2.05) is 0 Å². The molecular formula is C24H23N3O5. The highest BCUT2D eigenvalue weighted by Crippen LogP contribution is 2.36. The molecule has 164 valence electrons. The van der Waals surface area contributed by atoms with Gasteiger partial charge in [0.25, 0.3) is 5.91 Å².